The Bertz CT molecular complexity index is 1220. The fourth-order valence-electron chi connectivity index (χ4n) is 2.77. The molecule has 2 heterocycles. The highest BCUT2D eigenvalue weighted by atomic mass is 32.2. The summed E-state index contributed by atoms with van der Waals surface area (Å²) < 4.78 is 34.0. The highest BCUT2D eigenvalue weighted by Gasteiger charge is 2.15. The number of carbonyl (C=O) groups excluding carboxylic acids is 1. The average molecular weight is 422 g/mol. The van der Waals surface area contributed by atoms with Crippen LogP contribution in [0.3, 0.4) is 0 Å². The molecule has 2 N–H and O–H groups in total. The summed E-state index contributed by atoms with van der Waals surface area (Å²) in [5, 5.41) is 6.89. The van der Waals surface area contributed by atoms with Crippen molar-refractivity contribution in [2.75, 3.05) is 5.32 Å². The lowest BCUT2D eigenvalue weighted by Gasteiger charge is -2.09. The van der Waals surface area contributed by atoms with Gasteiger partial charge in [0.25, 0.3) is 5.91 Å². The first-order valence-corrected chi connectivity index (χ1v) is 10.5. The fraction of sp³-hybridized carbons (Fsp3) is 0.0476. The maximum Gasteiger partial charge on any atom is 0.255 e. The van der Waals surface area contributed by atoms with Crippen LogP contribution >= 0.6 is 0 Å². The van der Waals surface area contributed by atoms with E-state index in [9.17, 15) is 13.2 Å². The number of carbonyl (C=O) groups is 1. The number of hydrogen-bond acceptors (Lipinski definition) is 5. The summed E-state index contributed by atoms with van der Waals surface area (Å²) in [6.07, 6.45) is 4.97. The van der Waals surface area contributed by atoms with Crippen LogP contribution < -0.4 is 10.0 Å². The Kier molecular flexibility index (Phi) is 5.46. The molecule has 1 amide bonds. The Balaban J connectivity index is 1.39. The minimum Gasteiger partial charge on any atom is -0.468 e. The zero-order chi connectivity index (χ0) is 21.0. The van der Waals surface area contributed by atoms with Crippen LogP contribution in [0.2, 0.25) is 0 Å². The molecule has 0 spiro atoms. The van der Waals surface area contributed by atoms with Gasteiger partial charge < -0.3 is 9.73 Å². The van der Waals surface area contributed by atoms with Gasteiger partial charge in [0.2, 0.25) is 10.0 Å². The number of aromatic nitrogens is 2. The number of amides is 1. The lowest BCUT2D eigenvalue weighted by atomic mass is 10.2. The summed E-state index contributed by atoms with van der Waals surface area (Å²) in [6.45, 7) is 0.0579. The van der Waals surface area contributed by atoms with E-state index in [1.807, 2.05) is 12.3 Å². The van der Waals surface area contributed by atoms with Gasteiger partial charge in [0, 0.05) is 23.6 Å². The van der Waals surface area contributed by atoms with Crippen molar-refractivity contribution in [3.8, 4) is 5.69 Å². The number of anilines is 1. The van der Waals surface area contributed by atoms with Gasteiger partial charge in [0.05, 0.1) is 23.4 Å². The van der Waals surface area contributed by atoms with Crippen molar-refractivity contribution in [2.45, 2.75) is 11.4 Å². The molecular weight excluding hydrogens is 404 g/mol. The van der Waals surface area contributed by atoms with Gasteiger partial charge >= 0.3 is 0 Å². The predicted octanol–water partition coefficient (Wildman–Crippen LogP) is 3.20. The van der Waals surface area contributed by atoms with E-state index >= 15 is 0 Å². The Morgan fingerprint density at radius 2 is 1.77 bits per heavy atom. The highest BCUT2D eigenvalue weighted by Crippen LogP contribution is 2.16. The van der Waals surface area contributed by atoms with Crippen LogP contribution in [-0.2, 0) is 16.6 Å². The molecule has 0 atom stereocenters. The smallest absolute Gasteiger partial charge is 0.255 e. The van der Waals surface area contributed by atoms with Gasteiger partial charge in [0.15, 0.2) is 0 Å². The molecule has 0 bridgehead atoms. The largest absolute Gasteiger partial charge is 0.468 e. The minimum absolute atomic E-state index is 0.0579. The predicted molar refractivity (Wildman–Crippen MR) is 111 cm³/mol. The quantitative estimate of drug-likeness (QED) is 0.476. The molecular formula is C21H18N4O4S. The zero-order valence-electron chi connectivity index (χ0n) is 15.7. The van der Waals surface area contributed by atoms with Crippen molar-refractivity contribution in [3.05, 3.63) is 96.7 Å². The highest BCUT2D eigenvalue weighted by molar-refractivity contribution is 7.89. The van der Waals surface area contributed by atoms with E-state index in [2.05, 4.69) is 15.1 Å². The van der Waals surface area contributed by atoms with E-state index in [-0.39, 0.29) is 17.3 Å². The lowest BCUT2D eigenvalue weighted by molar-refractivity contribution is 0.102. The van der Waals surface area contributed by atoms with Crippen molar-refractivity contribution in [1.29, 1.82) is 0 Å². The third kappa shape index (κ3) is 4.48. The van der Waals surface area contributed by atoms with Gasteiger partial charge in [-0.05, 0) is 66.7 Å². The topological polar surface area (TPSA) is 106 Å². The Hall–Kier alpha value is -3.69. The fourth-order valence-corrected chi connectivity index (χ4v) is 3.76. The molecule has 4 aromatic rings. The summed E-state index contributed by atoms with van der Waals surface area (Å²) in [5.74, 6) is 0.217. The summed E-state index contributed by atoms with van der Waals surface area (Å²) in [7, 11) is -3.69. The second kappa shape index (κ2) is 8.36. The molecule has 2 aromatic carbocycles. The lowest BCUT2D eigenvalue weighted by Crippen LogP contribution is -2.23. The number of furan rings is 1. The van der Waals surface area contributed by atoms with Crippen LogP contribution in [0, 0.1) is 0 Å². The SMILES string of the molecule is O=C(Nc1ccc(S(=O)(=O)NCc2ccco2)cc1)c1ccc(-n2cccn2)cc1. The Morgan fingerprint density at radius 3 is 2.40 bits per heavy atom. The van der Waals surface area contributed by atoms with Crippen molar-refractivity contribution < 1.29 is 17.6 Å². The van der Waals surface area contributed by atoms with E-state index in [0.29, 0.717) is 17.0 Å². The molecule has 152 valence electrons. The van der Waals surface area contributed by atoms with E-state index in [4.69, 9.17) is 4.42 Å². The van der Waals surface area contributed by atoms with E-state index in [1.54, 1.807) is 47.3 Å². The van der Waals surface area contributed by atoms with Gasteiger partial charge in [-0.1, -0.05) is 0 Å². The van der Waals surface area contributed by atoms with Crippen molar-refractivity contribution in [1.82, 2.24) is 14.5 Å². The molecule has 4 rings (SSSR count). The second-order valence-corrected chi connectivity index (χ2v) is 8.15. The first-order chi connectivity index (χ1) is 14.5. The molecule has 8 nitrogen and oxygen atoms in total. The monoisotopic (exact) mass is 422 g/mol. The van der Waals surface area contributed by atoms with Crippen molar-refractivity contribution in [3.63, 3.8) is 0 Å². The van der Waals surface area contributed by atoms with Gasteiger partial charge in [-0.3, -0.25) is 4.79 Å². The number of nitrogens with zero attached hydrogens (tertiary/aromatic N) is 2. The first kappa shape index (κ1) is 19.6. The summed E-state index contributed by atoms with van der Waals surface area (Å²) in [4.78, 5) is 12.5. The van der Waals surface area contributed by atoms with Crippen LogP contribution in [0.25, 0.3) is 5.69 Å². The second-order valence-electron chi connectivity index (χ2n) is 6.38. The minimum atomic E-state index is -3.69. The van der Waals surface area contributed by atoms with Crippen LogP contribution in [0.1, 0.15) is 16.1 Å². The molecule has 0 saturated carbocycles. The first-order valence-electron chi connectivity index (χ1n) is 9.05. The molecule has 0 radical (unpaired) electrons. The molecule has 30 heavy (non-hydrogen) atoms. The summed E-state index contributed by atoms with van der Waals surface area (Å²) in [5.41, 5.74) is 1.80. The third-order valence-electron chi connectivity index (χ3n) is 4.34. The standard InChI is InChI=1S/C21H18N4O4S/c26-21(16-4-8-18(9-5-16)25-13-2-12-22-25)24-17-6-10-20(11-7-17)30(27,28)23-15-19-3-1-14-29-19/h1-14,23H,15H2,(H,24,26). The molecule has 0 aliphatic carbocycles. The summed E-state index contributed by atoms with van der Waals surface area (Å²) >= 11 is 0. The van der Waals surface area contributed by atoms with Crippen molar-refractivity contribution in [2.24, 2.45) is 0 Å². The molecule has 0 aliphatic heterocycles. The maximum atomic E-state index is 12.5. The zero-order valence-corrected chi connectivity index (χ0v) is 16.5. The van der Waals surface area contributed by atoms with E-state index in [0.717, 1.165) is 5.69 Å². The number of benzene rings is 2. The maximum absolute atomic E-state index is 12.5. The van der Waals surface area contributed by atoms with Gasteiger partial charge in [-0.15, -0.1) is 0 Å². The third-order valence-corrected chi connectivity index (χ3v) is 5.75. The van der Waals surface area contributed by atoms with E-state index in [1.165, 1.54) is 30.5 Å². The number of hydrogen-bond donors (Lipinski definition) is 2. The Morgan fingerprint density at radius 1 is 1.00 bits per heavy atom. The molecule has 9 heteroatoms. The van der Waals surface area contributed by atoms with Crippen LogP contribution in [-0.4, -0.2) is 24.1 Å². The van der Waals surface area contributed by atoms with Crippen LogP contribution in [0.5, 0.6) is 0 Å². The molecule has 2 aromatic heterocycles. The van der Waals surface area contributed by atoms with Crippen molar-refractivity contribution >= 4 is 21.6 Å². The molecule has 0 fully saturated rings. The molecule has 0 unspecified atom stereocenters. The van der Waals surface area contributed by atoms with Gasteiger partial charge in [-0.2, -0.15) is 5.10 Å². The van der Waals surface area contributed by atoms with Crippen LogP contribution in [0.4, 0.5) is 5.69 Å². The van der Waals surface area contributed by atoms with Crippen LogP contribution in [0.15, 0.2) is 94.7 Å². The Labute approximate surface area is 173 Å². The molecule has 0 aliphatic rings. The van der Waals surface area contributed by atoms with E-state index < -0.39 is 10.0 Å². The number of sulfonamides is 1. The molecule has 0 saturated heterocycles. The number of rotatable bonds is 7. The van der Waals surface area contributed by atoms with Gasteiger partial charge in [0.1, 0.15) is 5.76 Å². The average Bonchev–Trinajstić information content (AvgIpc) is 3.47. The number of nitrogens with one attached hydrogen (secondary N) is 2. The normalized spacial score (nSPS) is 11.3. The summed E-state index contributed by atoms with van der Waals surface area (Å²) in [6, 6.07) is 18.1. The van der Waals surface area contributed by atoms with Gasteiger partial charge in [-0.25, -0.2) is 17.8 Å².